The van der Waals surface area contributed by atoms with E-state index in [1.807, 2.05) is 31.4 Å². The lowest BCUT2D eigenvalue weighted by molar-refractivity contribution is 0.411. The normalized spacial score (nSPS) is 10.4. The molecule has 0 fully saturated rings. The molecule has 0 radical (unpaired) electrons. The summed E-state index contributed by atoms with van der Waals surface area (Å²) >= 11 is 5.52. The smallest absolute Gasteiger partial charge is 0.122 e. The first-order valence-corrected chi connectivity index (χ1v) is 7.94. The number of nitrogens with zero attached hydrogens (tertiary/aromatic N) is 2. The van der Waals surface area contributed by atoms with Crippen molar-refractivity contribution in [3.63, 3.8) is 0 Å². The van der Waals surface area contributed by atoms with Crippen LogP contribution in [0, 0.1) is 11.3 Å². The number of methoxy groups -OCH3 is 1. The first-order chi connectivity index (χ1) is 11.6. The Morgan fingerprint density at radius 3 is 2.88 bits per heavy atom. The van der Waals surface area contributed by atoms with Crippen LogP contribution >= 0.6 is 12.2 Å². The fourth-order valence-electron chi connectivity index (χ4n) is 2.77. The fraction of sp³-hybridized carbons (Fsp3) is 0.158. The van der Waals surface area contributed by atoms with Gasteiger partial charge in [0.2, 0.25) is 0 Å². The van der Waals surface area contributed by atoms with Crippen molar-refractivity contribution in [2.45, 2.75) is 6.42 Å². The second kappa shape index (κ2) is 6.73. The minimum atomic E-state index is 0.511. The number of aryl methyl sites for hydroxylation is 1. The lowest BCUT2D eigenvalue weighted by Gasteiger charge is -2.12. The Balaban J connectivity index is 1.84. The molecule has 1 N–H and O–H groups in total. The Labute approximate surface area is 146 Å². The summed E-state index contributed by atoms with van der Waals surface area (Å²) in [5.74, 6) is 0.732. The Morgan fingerprint density at radius 1 is 1.29 bits per heavy atom. The van der Waals surface area contributed by atoms with Gasteiger partial charge in [-0.25, -0.2) is 0 Å². The van der Waals surface area contributed by atoms with Gasteiger partial charge in [-0.05, 0) is 36.4 Å². The van der Waals surface area contributed by atoms with Gasteiger partial charge < -0.3 is 14.6 Å². The molecule has 24 heavy (non-hydrogen) atoms. The van der Waals surface area contributed by atoms with Gasteiger partial charge in [0, 0.05) is 41.8 Å². The fourth-order valence-corrected chi connectivity index (χ4v) is 3.03. The average Bonchev–Trinajstić information content (AvgIpc) is 2.97. The first kappa shape index (κ1) is 16.0. The first-order valence-electron chi connectivity index (χ1n) is 7.53. The van der Waals surface area contributed by atoms with E-state index < -0.39 is 0 Å². The van der Waals surface area contributed by atoms with Crippen LogP contribution in [-0.4, -0.2) is 16.7 Å². The minimum Gasteiger partial charge on any atom is -0.496 e. The quantitative estimate of drug-likeness (QED) is 0.731. The van der Waals surface area contributed by atoms with Gasteiger partial charge in [0.1, 0.15) is 5.75 Å². The highest BCUT2D eigenvalue weighted by Crippen LogP contribution is 2.25. The summed E-state index contributed by atoms with van der Waals surface area (Å²) in [6.45, 7) is 0. The second-order valence-electron chi connectivity index (χ2n) is 5.53. The Morgan fingerprint density at radius 2 is 2.12 bits per heavy atom. The van der Waals surface area contributed by atoms with Crippen molar-refractivity contribution in [3.8, 4) is 11.8 Å². The summed E-state index contributed by atoms with van der Waals surface area (Å²) in [7, 11) is 3.63. The zero-order valence-corrected chi connectivity index (χ0v) is 14.4. The van der Waals surface area contributed by atoms with E-state index in [9.17, 15) is 0 Å². The van der Waals surface area contributed by atoms with Crippen LogP contribution in [0.4, 0.5) is 5.69 Å². The van der Waals surface area contributed by atoms with Gasteiger partial charge in [-0.2, -0.15) is 5.26 Å². The molecule has 120 valence electrons. The molecule has 0 unspecified atom stereocenters. The standard InChI is InChI=1S/C19H17N3OS/c1-22-9-8-15-16(4-3-5-17(15)22)21-19(24)11-14-10-13(12-20)6-7-18(14)23-2/h3-10H,11H2,1-2H3,(H,21,24). The van der Waals surface area contributed by atoms with E-state index in [2.05, 4.69) is 28.1 Å². The van der Waals surface area contributed by atoms with E-state index in [1.54, 1.807) is 19.2 Å². The number of ether oxygens (including phenoxy) is 1. The van der Waals surface area contributed by atoms with E-state index in [4.69, 9.17) is 22.2 Å². The molecule has 1 heterocycles. The van der Waals surface area contributed by atoms with Crippen LogP contribution in [0.15, 0.2) is 48.7 Å². The molecule has 0 spiro atoms. The summed E-state index contributed by atoms with van der Waals surface area (Å²) in [6, 6.07) is 15.7. The summed E-state index contributed by atoms with van der Waals surface area (Å²) in [5.41, 5.74) is 3.62. The zero-order chi connectivity index (χ0) is 17.1. The topological polar surface area (TPSA) is 50.0 Å². The Bertz CT molecular complexity index is 953. The zero-order valence-electron chi connectivity index (χ0n) is 13.5. The number of hydrogen-bond donors (Lipinski definition) is 1. The maximum absolute atomic E-state index is 9.07. The van der Waals surface area contributed by atoms with Crippen molar-refractivity contribution in [1.82, 2.24) is 4.57 Å². The Kier molecular flexibility index (Phi) is 4.50. The molecule has 2 aromatic carbocycles. The molecule has 0 aliphatic rings. The molecule has 0 aliphatic heterocycles. The number of hydrogen-bond acceptors (Lipinski definition) is 3. The van der Waals surface area contributed by atoms with Crippen molar-refractivity contribution in [2.75, 3.05) is 12.4 Å². The van der Waals surface area contributed by atoms with E-state index in [-0.39, 0.29) is 0 Å². The summed E-state index contributed by atoms with van der Waals surface area (Å²) < 4.78 is 7.44. The molecule has 0 amide bonds. The molecule has 0 atom stereocenters. The number of nitriles is 1. The molecule has 0 saturated carbocycles. The van der Waals surface area contributed by atoms with Crippen LogP contribution in [0.5, 0.6) is 5.75 Å². The van der Waals surface area contributed by atoms with Crippen LogP contribution in [0.3, 0.4) is 0 Å². The van der Waals surface area contributed by atoms with Crippen molar-refractivity contribution in [1.29, 1.82) is 5.26 Å². The average molecular weight is 335 g/mol. The van der Waals surface area contributed by atoms with E-state index in [0.29, 0.717) is 17.0 Å². The van der Waals surface area contributed by atoms with Crippen molar-refractivity contribution < 1.29 is 4.74 Å². The largest absolute Gasteiger partial charge is 0.496 e. The van der Waals surface area contributed by atoms with Crippen LogP contribution in [0.25, 0.3) is 10.9 Å². The van der Waals surface area contributed by atoms with Crippen molar-refractivity contribution >= 4 is 33.8 Å². The predicted octanol–water partition coefficient (Wildman–Crippen LogP) is 4.04. The number of nitrogens with one attached hydrogen (secondary N) is 1. The second-order valence-corrected chi connectivity index (χ2v) is 6.02. The maximum atomic E-state index is 9.07. The Hall–Kier alpha value is -2.84. The SMILES string of the molecule is COc1ccc(C#N)cc1CC(=S)Nc1cccc2c1ccn2C. The lowest BCUT2D eigenvalue weighted by atomic mass is 10.1. The van der Waals surface area contributed by atoms with Gasteiger partial charge in [0.15, 0.2) is 0 Å². The van der Waals surface area contributed by atoms with E-state index >= 15 is 0 Å². The molecule has 5 heteroatoms. The molecule has 3 aromatic rings. The molecule has 4 nitrogen and oxygen atoms in total. The number of rotatable bonds is 4. The third-order valence-electron chi connectivity index (χ3n) is 3.96. The summed E-state index contributed by atoms with van der Waals surface area (Å²) in [4.78, 5) is 0.680. The number of benzene rings is 2. The van der Waals surface area contributed by atoms with Gasteiger partial charge >= 0.3 is 0 Å². The maximum Gasteiger partial charge on any atom is 0.122 e. The molecule has 0 aliphatic carbocycles. The monoisotopic (exact) mass is 335 g/mol. The molecule has 0 saturated heterocycles. The predicted molar refractivity (Wildman–Crippen MR) is 101 cm³/mol. The molecular formula is C19H17N3OS. The van der Waals surface area contributed by atoms with Gasteiger partial charge in [0.25, 0.3) is 0 Å². The molecule has 1 aromatic heterocycles. The van der Waals surface area contributed by atoms with Crippen LogP contribution < -0.4 is 10.1 Å². The summed E-state index contributed by atoms with van der Waals surface area (Å²) in [6.07, 6.45) is 2.54. The van der Waals surface area contributed by atoms with Gasteiger partial charge in [-0.3, -0.25) is 0 Å². The van der Waals surface area contributed by atoms with Crippen LogP contribution in [0.1, 0.15) is 11.1 Å². The van der Waals surface area contributed by atoms with Gasteiger partial charge in [-0.15, -0.1) is 0 Å². The third kappa shape index (κ3) is 3.10. The highest BCUT2D eigenvalue weighted by atomic mass is 32.1. The van der Waals surface area contributed by atoms with Gasteiger partial charge in [-0.1, -0.05) is 18.3 Å². The van der Waals surface area contributed by atoms with E-state index in [1.165, 1.54) is 0 Å². The van der Waals surface area contributed by atoms with Crippen LogP contribution in [-0.2, 0) is 13.5 Å². The number of anilines is 1. The molecule has 3 rings (SSSR count). The number of fused-ring (bicyclic) bond motifs is 1. The van der Waals surface area contributed by atoms with Crippen molar-refractivity contribution in [3.05, 3.63) is 59.8 Å². The highest BCUT2D eigenvalue weighted by Gasteiger charge is 2.10. The third-order valence-corrected chi connectivity index (χ3v) is 4.21. The highest BCUT2D eigenvalue weighted by molar-refractivity contribution is 7.80. The van der Waals surface area contributed by atoms with Crippen LogP contribution in [0.2, 0.25) is 0 Å². The lowest BCUT2D eigenvalue weighted by Crippen LogP contribution is -2.13. The van der Waals surface area contributed by atoms with Gasteiger partial charge in [0.05, 0.1) is 23.7 Å². The van der Waals surface area contributed by atoms with Crippen molar-refractivity contribution in [2.24, 2.45) is 7.05 Å². The number of aromatic nitrogens is 1. The molecular weight excluding hydrogens is 318 g/mol. The number of thiocarbonyl (C=S) groups is 1. The minimum absolute atomic E-state index is 0.511. The summed E-state index contributed by atoms with van der Waals surface area (Å²) in [5, 5.41) is 13.5. The molecule has 0 bridgehead atoms. The van der Waals surface area contributed by atoms with E-state index in [0.717, 1.165) is 27.9 Å².